The maximum atomic E-state index is 9.16. The van der Waals surface area contributed by atoms with Gasteiger partial charge in [-0.05, 0) is 54.3 Å². The fourth-order valence-corrected chi connectivity index (χ4v) is 4.76. The van der Waals surface area contributed by atoms with Crippen molar-refractivity contribution in [1.82, 2.24) is 23.5 Å². The first-order valence-corrected chi connectivity index (χ1v) is 11.2. The number of nitrogens with zero attached hydrogens (tertiary/aromatic N) is 5. The van der Waals surface area contributed by atoms with Gasteiger partial charge in [0.2, 0.25) is 0 Å². The van der Waals surface area contributed by atoms with E-state index in [2.05, 4.69) is 54.0 Å². The second-order valence-electron chi connectivity index (χ2n) is 7.96. The van der Waals surface area contributed by atoms with Crippen molar-refractivity contribution in [2.75, 3.05) is 39.3 Å². The van der Waals surface area contributed by atoms with Crippen molar-refractivity contribution in [1.29, 1.82) is 5.26 Å². The molecule has 2 aromatic carbocycles. The van der Waals surface area contributed by atoms with Gasteiger partial charge < -0.3 is 14.8 Å². The molecule has 0 amide bonds. The summed E-state index contributed by atoms with van der Waals surface area (Å²) in [5.41, 5.74) is 6.49. The number of aromatic amines is 1. The third kappa shape index (κ3) is 4.08. The quantitative estimate of drug-likeness (QED) is 0.521. The third-order valence-electron chi connectivity index (χ3n) is 6.09. The number of rotatable bonds is 6. The van der Waals surface area contributed by atoms with Crippen LogP contribution in [0.4, 0.5) is 0 Å². The van der Waals surface area contributed by atoms with Crippen molar-refractivity contribution in [2.45, 2.75) is 12.8 Å². The van der Waals surface area contributed by atoms with Gasteiger partial charge >= 0.3 is 0 Å². The van der Waals surface area contributed by atoms with Gasteiger partial charge in [0, 0.05) is 56.4 Å². The lowest BCUT2D eigenvalue weighted by Gasteiger charge is -2.34. The van der Waals surface area contributed by atoms with Crippen LogP contribution in [-0.4, -0.2) is 62.8 Å². The Hall–Kier alpha value is -2.79. The molecule has 6 nitrogen and oxygen atoms in total. The number of benzene rings is 2. The number of nitriles is 1. The summed E-state index contributed by atoms with van der Waals surface area (Å²) in [6, 6.07) is 14.5. The topological polar surface area (TPSA) is 71.8 Å². The molecule has 0 saturated carbocycles. The average molecular weight is 417 g/mol. The highest BCUT2D eigenvalue weighted by atomic mass is 32.1. The lowest BCUT2D eigenvalue weighted by molar-refractivity contribution is 0.134. The summed E-state index contributed by atoms with van der Waals surface area (Å²) >= 11 is 1.28. The van der Waals surface area contributed by atoms with E-state index in [9.17, 15) is 0 Å². The van der Waals surface area contributed by atoms with Crippen LogP contribution in [-0.2, 0) is 12.8 Å². The van der Waals surface area contributed by atoms with E-state index in [-0.39, 0.29) is 0 Å². The highest BCUT2D eigenvalue weighted by Crippen LogP contribution is 2.21. The Morgan fingerprint density at radius 2 is 1.70 bits per heavy atom. The minimum atomic E-state index is 0.724. The molecule has 0 bridgehead atoms. The van der Waals surface area contributed by atoms with Crippen molar-refractivity contribution in [3.8, 4) is 6.07 Å². The standard InChI is InChI=1S/C23H24N6S/c24-15-18-2-3-21-20(13-18)19(16-25-21)6-8-29-11-9-28(10-12-29)7-5-17-1-4-22-23(14-17)27-30-26-22/h1-4,13-14,16,25H,5-12H2. The monoisotopic (exact) mass is 416 g/mol. The Balaban J connectivity index is 1.11. The average Bonchev–Trinajstić information content (AvgIpc) is 3.43. The minimum Gasteiger partial charge on any atom is -0.361 e. The molecule has 3 heterocycles. The predicted molar refractivity (Wildman–Crippen MR) is 121 cm³/mol. The molecule has 2 aromatic heterocycles. The molecule has 1 saturated heterocycles. The van der Waals surface area contributed by atoms with Crippen LogP contribution in [0.15, 0.2) is 42.6 Å². The van der Waals surface area contributed by atoms with Crippen LogP contribution in [0.2, 0.25) is 0 Å². The molecule has 1 N–H and O–H groups in total. The van der Waals surface area contributed by atoms with E-state index >= 15 is 0 Å². The Bertz CT molecular complexity index is 1200. The molecule has 1 aliphatic heterocycles. The highest BCUT2D eigenvalue weighted by Gasteiger charge is 2.17. The van der Waals surface area contributed by atoms with Gasteiger partial charge in [-0.25, -0.2) is 0 Å². The van der Waals surface area contributed by atoms with E-state index < -0.39 is 0 Å². The fourth-order valence-electron chi connectivity index (χ4n) is 4.24. The molecule has 0 radical (unpaired) electrons. The second kappa shape index (κ2) is 8.52. The van der Waals surface area contributed by atoms with Gasteiger partial charge in [-0.15, -0.1) is 0 Å². The van der Waals surface area contributed by atoms with Gasteiger partial charge in [0.15, 0.2) is 0 Å². The zero-order valence-electron chi connectivity index (χ0n) is 16.8. The number of hydrogen-bond acceptors (Lipinski definition) is 6. The zero-order valence-corrected chi connectivity index (χ0v) is 17.7. The summed E-state index contributed by atoms with van der Waals surface area (Å²) in [7, 11) is 0. The minimum absolute atomic E-state index is 0.724. The van der Waals surface area contributed by atoms with Crippen LogP contribution in [0, 0.1) is 11.3 Å². The smallest absolute Gasteiger partial charge is 0.105 e. The fraction of sp³-hybridized carbons (Fsp3) is 0.348. The van der Waals surface area contributed by atoms with Crippen LogP contribution in [0.1, 0.15) is 16.7 Å². The number of H-pyrrole nitrogens is 1. The summed E-state index contributed by atoms with van der Waals surface area (Å²) in [6.07, 6.45) is 4.16. The Kier molecular flexibility index (Phi) is 5.45. The first kappa shape index (κ1) is 19.2. The number of aromatic nitrogens is 3. The number of fused-ring (bicyclic) bond motifs is 2. The van der Waals surface area contributed by atoms with Crippen LogP contribution in [0.3, 0.4) is 0 Å². The molecule has 1 fully saturated rings. The van der Waals surface area contributed by atoms with Gasteiger partial charge in [-0.2, -0.15) is 14.0 Å². The Labute approximate surface area is 180 Å². The normalized spacial score (nSPS) is 15.7. The largest absolute Gasteiger partial charge is 0.361 e. The third-order valence-corrected chi connectivity index (χ3v) is 6.65. The number of nitrogens with one attached hydrogen (secondary N) is 1. The van der Waals surface area contributed by atoms with Crippen LogP contribution < -0.4 is 0 Å². The molecular formula is C23H24N6S. The maximum Gasteiger partial charge on any atom is 0.105 e. The summed E-state index contributed by atoms with van der Waals surface area (Å²) in [5.74, 6) is 0. The van der Waals surface area contributed by atoms with Gasteiger partial charge in [0.05, 0.1) is 23.4 Å². The summed E-state index contributed by atoms with van der Waals surface area (Å²) < 4.78 is 8.62. The molecule has 4 aromatic rings. The van der Waals surface area contributed by atoms with Crippen molar-refractivity contribution in [3.63, 3.8) is 0 Å². The SMILES string of the molecule is N#Cc1ccc2[nH]cc(CCN3CCN(CCc4ccc5nsnc5c4)CC3)c2c1. The van der Waals surface area contributed by atoms with Crippen molar-refractivity contribution < 1.29 is 0 Å². The molecule has 1 aliphatic rings. The van der Waals surface area contributed by atoms with Gasteiger partial charge in [-0.1, -0.05) is 6.07 Å². The summed E-state index contributed by atoms with van der Waals surface area (Å²) in [6.45, 7) is 6.61. The van der Waals surface area contributed by atoms with Crippen molar-refractivity contribution in [2.24, 2.45) is 0 Å². The zero-order chi connectivity index (χ0) is 20.3. The van der Waals surface area contributed by atoms with E-state index in [4.69, 9.17) is 5.26 Å². The molecule has 30 heavy (non-hydrogen) atoms. The van der Waals surface area contributed by atoms with E-state index in [0.717, 1.165) is 74.2 Å². The van der Waals surface area contributed by atoms with Crippen LogP contribution >= 0.6 is 11.7 Å². The maximum absolute atomic E-state index is 9.16. The van der Waals surface area contributed by atoms with Gasteiger partial charge in [0.25, 0.3) is 0 Å². The second-order valence-corrected chi connectivity index (χ2v) is 8.49. The van der Waals surface area contributed by atoms with E-state index in [1.54, 1.807) is 0 Å². The molecule has 0 unspecified atom stereocenters. The van der Waals surface area contributed by atoms with E-state index in [0.29, 0.717) is 0 Å². The first-order valence-electron chi connectivity index (χ1n) is 10.4. The van der Waals surface area contributed by atoms with Crippen LogP contribution in [0.25, 0.3) is 21.9 Å². The molecule has 7 heteroatoms. The molecular weight excluding hydrogens is 392 g/mol. The molecule has 0 spiro atoms. The van der Waals surface area contributed by atoms with E-state index in [1.807, 2.05) is 18.2 Å². The molecule has 0 aliphatic carbocycles. The molecule has 152 valence electrons. The Morgan fingerprint density at radius 3 is 2.50 bits per heavy atom. The predicted octanol–water partition coefficient (Wildman–Crippen LogP) is 3.45. The van der Waals surface area contributed by atoms with Crippen molar-refractivity contribution >= 4 is 33.7 Å². The number of hydrogen-bond donors (Lipinski definition) is 1. The summed E-state index contributed by atoms with van der Waals surface area (Å²) in [4.78, 5) is 8.44. The Morgan fingerprint density at radius 1 is 0.933 bits per heavy atom. The van der Waals surface area contributed by atoms with Gasteiger partial charge in [0.1, 0.15) is 11.0 Å². The lowest BCUT2D eigenvalue weighted by Crippen LogP contribution is -2.47. The highest BCUT2D eigenvalue weighted by molar-refractivity contribution is 7.00. The first-order chi connectivity index (χ1) is 14.8. The molecule has 0 atom stereocenters. The van der Waals surface area contributed by atoms with Crippen molar-refractivity contribution in [3.05, 3.63) is 59.3 Å². The lowest BCUT2D eigenvalue weighted by atomic mass is 10.1. The van der Waals surface area contributed by atoms with E-state index in [1.165, 1.54) is 28.2 Å². The van der Waals surface area contributed by atoms with Crippen LogP contribution in [0.5, 0.6) is 0 Å². The molecule has 5 rings (SSSR count). The number of piperazine rings is 1. The van der Waals surface area contributed by atoms with Gasteiger partial charge in [-0.3, -0.25) is 0 Å². The summed E-state index contributed by atoms with van der Waals surface area (Å²) in [5, 5.41) is 10.3.